The number of fused-ring (bicyclic) bond motifs is 2. The van der Waals surface area contributed by atoms with Gasteiger partial charge in [-0.25, -0.2) is 4.39 Å². The quantitative estimate of drug-likeness (QED) is 0.787. The van der Waals surface area contributed by atoms with E-state index in [1.807, 2.05) is 4.90 Å². The lowest BCUT2D eigenvalue weighted by Crippen LogP contribution is -2.55. The molecule has 1 amide bonds. The van der Waals surface area contributed by atoms with Crippen molar-refractivity contribution in [3.8, 4) is 0 Å². The van der Waals surface area contributed by atoms with Crippen LogP contribution in [0.15, 0.2) is 22.7 Å². The number of nitrogens with zero attached hydrogens (tertiary/aromatic N) is 1. The Morgan fingerprint density at radius 3 is 2.55 bits per heavy atom. The minimum Gasteiger partial charge on any atom is -0.332 e. The van der Waals surface area contributed by atoms with Gasteiger partial charge < -0.3 is 4.90 Å². The van der Waals surface area contributed by atoms with E-state index in [9.17, 15) is 14.0 Å². The molecule has 20 heavy (non-hydrogen) atoms. The number of halogens is 2. The fourth-order valence-electron chi connectivity index (χ4n) is 3.31. The van der Waals surface area contributed by atoms with Crippen LogP contribution < -0.4 is 0 Å². The van der Waals surface area contributed by atoms with Crippen molar-refractivity contribution < 1.29 is 14.0 Å². The van der Waals surface area contributed by atoms with E-state index >= 15 is 0 Å². The Kier molecular flexibility index (Phi) is 3.63. The van der Waals surface area contributed by atoms with Crippen LogP contribution in [-0.4, -0.2) is 28.7 Å². The van der Waals surface area contributed by atoms with Crippen LogP contribution in [0.25, 0.3) is 0 Å². The maximum Gasteiger partial charge on any atom is 0.255 e. The fraction of sp³-hybridized carbons (Fsp3) is 0.467. The van der Waals surface area contributed by atoms with Crippen LogP contribution in [0.2, 0.25) is 0 Å². The molecule has 2 unspecified atom stereocenters. The average Bonchev–Trinajstić information content (AvgIpc) is 2.40. The van der Waals surface area contributed by atoms with Gasteiger partial charge in [-0.2, -0.15) is 0 Å². The smallest absolute Gasteiger partial charge is 0.255 e. The van der Waals surface area contributed by atoms with E-state index < -0.39 is 5.82 Å². The highest BCUT2D eigenvalue weighted by Crippen LogP contribution is 2.34. The summed E-state index contributed by atoms with van der Waals surface area (Å²) in [7, 11) is 0. The van der Waals surface area contributed by atoms with Gasteiger partial charge in [0.05, 0.1) is 5.56 Å². The van der Waals surface area contributed by atoms with Crippen molar-refractivity contribution >= 4 is 27.6 Å². The Morgan fingerprint density at radius 2 is 1.90 bits per heavy atom. The van der Waals surface area contributed by atoms with Gasteiger partial charge in [0.1, 0.15) is 11.6 Å². The topological polar surface area (TPSA) is 37.4 Å². The van der Waals surface area contributed by atoms with Crippen LogP contribution in [0.4, 0.5) is 4.39 Å². The Bertz CT molecular complexity index is 559. The summed E-state index contributed by atoms with van der Waals surface area (Å²) in [5.41, 5.74) is 0.344. The molecule has 106 valence electrons. The first kappa shape index (κ1) is 13.7. The summed E-state index contributed by atoms with van der Waals surface area (Å²) in [6.45, 7) is 0. The minimum atomic E-state index is -0.421. The van der Waals surface area contributed by atoms with Crippen molar-refractivity contribution in [1.29, 1.82) is 0 Å². The SMILES string of the molecule is O=C1CC2CCCC(C1)N2C(=O)c1cc(F)ccc1Br. The Balaban J connectivity index is 1.93. The monoisotopic (exact) mass is 339 g/mol. The highest BCUT2D eigenvalue weighted by atomic mass is 79.9. The molecule has 1 aromatic rings. The van der Waals surface area contributed by atoms with E-state index in [0.717, 1.165) is 19.3 Å². The number of piperidine rings is 2. The lowest BCUT2D eigenvalue weighted by Gasteiger charge is -2.45. The van der Waals surface area contributed by atoms with Gasteiger partial charge >= 0.3 is 0 Å². The molecule has 0 spiro atoms. The third-order valence-electron chi connectivity index (χ3n) is 4.18. The Morgan fingerprint density at radius 1 is 1.25 bits per heavy atom. The normalized spacial score (nSPS) is 25.7. The number of carbonyl (C=O) groups is 2. The zero-order valence-electron chi connectivity index (χ0n) is 10.9. The molecule has 0 radical (unpaired) electrons. The van der Waals surface area contributed by atoms with E-state index in [-0.39, 0.29) is 23.8 Å². The van der Waals surface area contributed by atoms with Gasteiger partial charge in [0.25, 0.3) is 5.91 Å². The molecule has 0 saturated carbocycles. The number of rotatable bonds is 1. The van der Waals surface area contributed by atoms with Gasteiger partial charge in [-0.3, -0.25) is 9.59 Å². The van der Waals surface area contributed by atoms with Crippen molar-refractivity contribution in [2.24, 2.45) is 0 Å². The van der Waals surface area contributed by atoms with Crippen LogP contribution >= 0.6 is 15.9 Å². The molecule has 0 aliphatic carbocycles. The highest BCUT2D eigenvalue weighted by Gasteiger charge is 2.40. The first-order chi connectivity index (χ1) is 9.56. The second-order valence-corrected chi connectivity index (χ2v) is 6.38. The van der Waals surface area contributed by atoms with Gasteiger partial charge in [0.15, 0.2) is 0 Å². The molecule has 5 heteroatoms. The van der Waals surface area contributed by atoms with Crippen molar-refractivity contribution in [2.45, 2.75) is 44.2 Å². The zero-order chi connectivity index (χ0) is 14.3. The van der Waals surface area contributed by atoms with Crippen LogP contribution in [0.5, 0.6) is 0 Å². The maximum atomic E-state index is 13.4. The standard InChI is InChI=1S/C15H15BrFNO2/c16-14-5-4-9(17)6-13(14)15(20)18-10-2-1-3-11(18)8-12(19)7-10/h4-6,10-11H,1-3,7-8H2. The maximum absolute atomic E-state index is 13.4. The summed E-state index contributed by atoms with van der Waals surface area (Å²) in [6.07, 6.45) is 3.66. The Labute approximate surface area is 125 Å². The first-order valence-corrected chi connectivity index (χ1v) is 7.65. The molecule has 2 fully saturated rings. The number of benzene rings is 1. The van der Waals surface area contributed by atoms with Gasteiger partial charge in [0.2, 0.25) is 0 Å². The van der Waals surface area contributed by atoms with Crippen molar-refractivity contribution in [2.75, 3.05) is 0 Å². The summed E-state index contributed by atoms with van der Waals surface area (Å²) in [5, 5.41) is 0. The summed E-state index contributed by atoms with van der Waals surface area (Å²) in [5.74, 6) is -0.351. The number of amides is 1. The predicted octanol–water partition coefficient (Wildman–Crippen LogP) is 3.31. The lowest BCUT2D eigenvalue weighted by molar-refractivity contribution is -0.125. The second kappa shape index (κ2) is 5.28. The van der Waals surface area contributed by atoms with Crippen molar-refractivity contribution in [3.63, 3.8) is 0 Å². The molecular formula is C15H15BrFNO2. The number of hydrogen-bond acceptors (Lipinski definition) is 2. The van der Waals surface area contributed by atoms with Gasteiger partial charge in [-0.1, -0.05) is 0 Å². The van der Waals surface area contributed by atoms with Crippen LogP contribution in [-0.2, 0) is 4.79 Å². The number of hydrogen-bond donors (Lipinski definition) is 0. The summed E-state index contributed by atoms with van der Waals surface area (Å²) in [6, 6.07) is 4.10. The van der Waals surface area contributed by atoms with E-state index in [4.69, 9.17) is 0 Å². The molecule has 2 aliphatic rings. The molecule has 2 bridgehead atoms. The molecule has 3 nitrogen and oxygen atoms in total. The number of ketones is 1. The summed E-state index contributed by atoms with van der Waals surface area (Å²) < 4.78 is 14.0. The van der Waals surface area contributed by atoms with Crippen LogP contribution in [0, 0.1) is 5.82 Å². The van der Waals surface area contributed by atoms with Crippen molar-refractivity contribution in [1.82, 2.24) is 4.90 Å². The van der Waals surface area contributed by atoms with E-state index in [1.54, 1.807) is 6.07 Å². The molecule has 2 aliphatic heterocycles. The molecule has 0 N–H and O–H groups in total. The molecular weight excluding hydrogens is 325 g/mol. The molecule has 2 saturated heterocycles. The molecule has 2 atom stereocenters. The lowest BCUT2D eigenvalue weighted by atomic mass is 9.83. The zero-order valence-corrected chi connectivity index (χ0v) is 12.5. The third-order valence-corrected chi connectivity index (χ3v) is 4.87. The van der Waals surface area contributed by atoms with E-state index in [1.165, 1.54) is 12.1 Å². The van der Waals surface area contributed by atoms with E-state index in [0.29, 0.717) is 22.9 Å². The Hall–Kier alpha value is -1.23. The van der Waals surface area contributed by atoms with Gasteiger partial charge in [0, 0.05) is 29.4 Å². The molecule has 1 aromatic carbocycles. The largest absolute Gasteiger partial charge is 0.332 e. The molecule has 3 rings (SSSR count). The minimum absolute atomic E-state index is 0.0160. The number of carbonyl (C=O) groups excluding carboxylic acids is 2. The average molecular weight is 340 g/mol. The molecule has 0 aromatic heterocycles. The summed E-state index contributed by atoms with van der Waals surface area (Å²) in [4.78, 5) is 26.2. The third kappa shape index (κ3) is 2.39. The van der Waals surface area contributed by atoms with Gasteiger partial charge in [-0.15, -0.1) is 0 Å². The second-order valence-electron chi connectivity index (χ2n) is 5.52. The highest BCUT2D eigenvalue weighted by molar-refractivity contribution is 9.10. The van der Waals surface area contributed by atoms with Crippen LogP contribution in [0.3, 0.4) is 0 Å². The molecule has 2 heterocycles. The summed E-state index contributed by atoms with van der Waals surface area (Å²) >= 11 is 3.31. The number of Topliss-reactive ketones (excluding diaryl/α,β-unsaturated/α-hetero) is 1. The van der Waals surface area contributed by atoms with Gasteiger partial charge in [-0.05, 0) is 53.4 Å². The predicted molar refractivity (Wildman–Crippen MR) is 75.9 cm³/mol. The van der Waals surface area contributed by atoms with E-state index in [2.05, 4.69) is 15.9 Å². The van der Waals surface area contributed by atoms with Crippen LogP contribution in [0.1, 0.15) is 42.5 Å². The van der Waals surface area contributed by atoms with Crippen molar-refractivity contribution in [3.05, 3.63) is 34.1 Å². The fourth-order valence-corrected chi connectivity index (χ4v) is 3.72. The first-order valence-electron chi connectivity index (χ1n) is 6.85.